The first kappa shape index (κ1) is 13.1. The fourth-order valence-electron chi connectivity index (χ4n) is 2.50. The zero-order chi connectivity index (χ0) is 13.9. The third-order valence-corrected chi connectivity index (χ3v) is 3.85. The van der Waals surface area contributed by atoms with Crippen molar-refractivity contribution in [2.24, 2.45) is 0 Å². The molecule has 1 atom stereocenters. The molecule has 0 saturated heterocycles. The zero-order valence-electron chi connectivity index (χ0n) is 10.9. The highest BCUT2D eigenvalue weighted by atomic mass is 35.5. The third-order valence-electron chi connectivity index (χ3n) is 3.46. The van der Waals surface area contributed by atoms with Gasteiger partial charge in [-0.25, -0.2) is 4.39 Å². The summed E-state index contributed by atoms with van der Waals surface area (Å²) in [5.41, 5.74) is 2.01. The van der Waals surface area contributed by atoms with Crippen molar-refractivity contribution in [3.63, 3.8) is 0 Å². The molecule has 0 aliphatic carbocycles. The molecule has 0 nitrogen and oxygen atoms in total. The summed E-state index contributed by atoms with van der Waals surface area (Å²) in [6.45, 7) is 0. The molecule has 0 aliphatic heterocycles. The third kappa shape index (κ3) is 2.68. The molecule has 0 fully saturated rings. The maximum absolute atomic E-state index is 13.2. The van der Waals surface area contributed by atoms with E-state index in [0.29, 0.717) is 6.42 Å². The van der Waals surface area contributed by atoms with Crippen LogP contribution in [-0.4, -0.2) is 0 Å². The molecule has 100 valence electrons. The normalized spacial score (nSPS) is 12.5. The molecular formula is C18H14ClF. The molecule has 0 N–H and O–H groups in total. The molecule has 0 saturated carbocycles. The summed E-state index contributed by atoms with van der Waals surface area (Å²) in [6, 6.07) is 20.9. The molecule has 3 aromatic rings. The minimum Gasteiger partial charge on any atom is -0.207 e. The highest BCUT2D eigenvalue weighted by Gasteiger charge is 2.12. The highest BCUT2D eigenvalue weighted by Crippen LogP contribution is 2.31. The largest absolute Gasteiger partial charge is 0.207 e. The quantitative estimate of drug-likeness (QED) is 0.557. The van der Waals surface area contributed by atoms with Crippen molar-refractivity contribution in [1.29, 1.82) is 0 Å². The first-order chi connectivity index (χ1) is 9.74. The van der Waals surface area contributed by atoms with Crippen LogP contribution in [0.15, 0.2) is 66.7 Å². The summed E-state index contributed by atoms with van der Waals surface area (Å²) < 4.78 is 13.2. The molecule has 0 amide bonds. The van der Waals surface area contributed by atoms with Crippen molar-refractivity contribution in [1.82, 2.24) is 0 Å². The van der Waals surface area contributed by atoms with E-state index in [2.05, 4.69) is 18.2 Å². The maximum Gasteiger partial charge on any atom is 0.123 e. The van der Waals surface area contributed by atoms with E-state index in [0.717, 1.165) is 16.5 Å². The first-order valence-electron chi connectivity index (χ1n) is 6.60. The van der Waals surface area contributed by atoms with E-state index in [-0.39, 0.29) is 11.2 Å². The van der Waals surface area contributed by atoms with E-state index >= 15 is 0 Å². The fourth-order valence-corrected chi connectivity index (χ4v) is 2.87. The minimum absolute atomic E-state index is 0.164. The Morgan fingerprint density at radius 3 is 2.50 bits per heavy atom. The van der Waals surface area contributed by atoms with Gasteiger partial charge in [0.15, 0.2) is 0 Å². The van der Waals surface area contributed by atoms with Crippen LogP contribution in [0.1, 0.15) is 16.5 Å². The van der Waals surface area contributed by atoms with Gasteiger partial charge in [-0.15, -0.1) is 11.6 Å². The summed E-state index contributed by atoms with van der Waals surface area (Å²) in [4.78, 5) is 0. The summed E-state index contributed by atoms with van der Waals surface area (Å²) in [6.07, 6.45) is 0.618. The zero-order valence-corrected chi connectivity index (χ0v) is 11.6. The lowest BCUT2D eigenvalue weighted by atomic mass is 9.98. The molecule has 0 radical (unpaired) electrons. The van der Waals surface area contributed by atoms with Gasteiger partial charge in [0.25, 0.3) is 0 Å². The number of rotatable bonds is 3. The molecule has 3 aromatic carbocycles. The van der Waals surface area contributed by atoms with Crippen molar-refractivity contribution in [2.75, 3.05) is 0 Å². The van der Waals surface area contributed by atoms with Crippen LogP contribution in [0.2, 0.25) is 0 Å². The molecule has 2 heteroatoms. The van der Waals surface area contributed by atoms with Crippen LogP contribution >= 0.6 is 11.6 Å². The Morgan fingerprint density at radius 1 is 0.900 bits per heavy atom. The lowest BCUT2D eigenvalue weighted by Crippen LogP contribution is -1.97. The second-order valence-electron chi connectivity index (χ2n) is 4.87. The van der Waals surface area contributed by atoms with E-state index < -0.39 is 0 Å². The smallest absolute Gasteiger partial charge is 0.123 e. The fraction of sp³-hybridized carbons (Fsp3) is 0.111. The second-order valence-corrected chi connectivity index (χ2v) is 5.40. The predicted octanol–water partition coefficient (Wildman–Crippen LogP) is 5.50. The molecule has 3 rings (SSSR count). The number of hydrogen-bond acceptors (Lipinski definition) is 0. The van der Waals surface area contributed by atoms with Crippen LogP contribution in [-0.2, 0) is 6.42 Å². The average Bonchev–Trinajstić information content (AvgIpc) is 2.46. The molecule has 0 heterocycles. The molecule has 20 heavy (non-hydrogen) atoms. The highest BCUT2D eigenvalue weighted by molar-refractivity contribution is 6.22. The van der Waals surface area contributed by atoms with E-state index in [1.54, 1.807) is 12.1 Å². The lowest BCUT2D eigenvalue weighted by molar-refractivity contribution is 0.625. The Bertz CT molecular complexity index is 731. The van der Waals surface area contributed by atoms with Gasteiger partial charge in [-0.1, -0.05) is 54.6 Å². The van der Waals surface area contributed by atoms with Gasteiger partial charge in [-0.3, -0.25) is 0 Å². The van der Waals surface area contributed by atoms with E-state index in [4.69, 9.17) is 11.6 Å². The standard InChI is InChI=1S/C18H14ClF/c19-18(12-13-5-3-8-15(20)11-13)17-10-4-7-14-6-1-2-9-16(14)17/h1-11,18H,12H2. The van der Waals surface area contributed by atoms with Gasteiger partial charge in [0, 0.05) is 0 Å². The van der Waals surface area contributed by atoms with Crippen LogP contribution in [0, 0.1) is 5.82 Å². The maximum atomic E-state index is 13.2. The lowest BCUT2D eigenvalue weighted by Gasteiger charge is -2.13. The molecular weight excluding hydrogens is 271 g/mol. The van der Waals surface area contributed by atoms with Crippen LogP contribution in [0.25, 0.3) is 10.8 Å². The minimum atomic E-state index is -0.218. The van der Waals surface area contributed by atoms with Gasteiger partial charge >= 0.3 is 0 Å². The molecule has 1 unspecified atom stereocenters. The van der Waals surface area contributed by atoms with Crippen LogP contribution < -0.4 is 0 Å². The van der Waals surface area contributed by atoms with Crippen molar-refractivity contribution >= 4 is 22.4 Å². The van der Waals surface area contributed by atoms with E-state index in [1.807, 2.05) is 30.3 Å². The molecule has 0 bridgehead atoms. The van der Waals surface area contributed by atoms with Gasteiger partial charge < -0.3 is 0 Å². The Labute approximate surface area is 122 Å². The van der Waals surface area contributed by atoms with E-state index in [9.17, 15) is 4.39 Å². The summed E-state index contributed by atoms with van der Waals surface area (Å²) in [7, 11) is 0. The Balaban J connectivity index is 1.94. The van der Waals surface area contributed by atoms with Gasteiger partial charge in [-0.05, 0) is 40.5 Å². The average molecular weight is 285 g/mol. The van der Waals surface area contributed by atoms with E-state index in [1.165, 1.54) is 11.5 Å². The van der Waals surface area contributed by atoms with Gasteiger partial charge in [-0.2, -0.15) is 0 Å². The summed E-state index contributed by atoms with van der Waals surface area (Å²) >= 11 is 6.55. The van der Waals surface area contributed by atoms with Gasteiger partial charge in [0.05, 0.1) is 5.38 Å². The Hall–Kier alpha value is -1.86. The van der Waals surface area contributed by atoms with Crippen molar-refractivity contribution in [2.45, 2.75) is 11.8 Å². The van der Waals surface area contributed by atoms with Crippen molar-refractivity contribution < 1.29 is 4.39 Å². The number of halogens is 2. The summed E-state index contributed by atoms with van der Waals surface area (Å²) in [5, 5.41) is 2.17. The van der Waals surface area contributed by atoms with Crippen molar-refractivity contribution in [3.8, 4) is 0 Å². The molecule has 0 spiro atoms. The first-order valence-corrected chi connectivity index (χ1v) is 7.04. The number of fused-ring (bicyclic) bond motifs is 1. The van der Waals surface area contributed by atoms with Crippen LogP contribution in [0.4, 0.5) is 4.39 Å². The predicted molar refractivity (Wildman–Crippen MR) is 82.6 cm³/mol. The Kier molecular flexibility index (Phi) is 3.70. The molecule has 0 aliphatic rings. The number of alkyl halides is 1. The number of hydrogen-bond donors (Lipinski definition) is 0. The van der Waals surface area contributed by atoms with Crippen LogP contribution in [0.3, 0.4) is 0 Å². The van der Waals surface area contributed by atoms with Gasteiger partial charge in [0.1, 0.15) is 5.82 Å². The summed E-state index contributed by atoms with van der Waals surface area (Å²) in [5.74, 6) is -0.218. The van der Waals surface area contributed by atoms with Crippen LogP contribution in [0.5, 0.6) is 0 Å². The Morgan fingerprint density at radius 2 is 1.65 bits per heavy atom. The topological polar surface area (TPSA) is 0 Å². The molecule has 0 aromatic heterocycles. The second kappa shape index (κ2) is 5.64. The number of benzene rings is 3. The monoisotopic (exact) mass is 284 g/mol. The van der Waals surface area contributed by atoms with Gasteiger partial charge in [0.2, 0.25) is 0 Å². The van der Waals surface area contributed by atoms with Crippen molar-refractivity contribution in [3.05, 3.63) is 83.7 Å². The SMILES string of the molecule is Fc1cccc(CC(Cl)c2cccc3ccccc23)c1.